The molecule has 0 unspecified atom stereocenters. The molecule has 8 heteroatoms. The largest absolute Gasteiger partial charge is 0.484 e. The van der Waals surface area contributed by atoms with E-state index >= 15 is 0 Å². The average Bonchev–Trinajstić information content (AvgIpc) is 3.17. The summed E-state index contributed by atoms with van der Waals surface area (Å²) in [5.41, 5.74) is 1.38. The third-order valence-corrected chi connectivity index (χ3v) is 7.09. The van der Waals surface area contributed by atoms with Crippen LogP contribution >= 0.6 is 23.4 Å². The maximum absolute atomic E-state index is 12.7. The molecule has 0 aliphatic carbocycles. The van der Waals surface area contributed by atoms with Gasteiger partial charge in [0.2, 0.25) is 5.91 Å². The van der Waals surface area contributed by atoms with E-state index < -0.39 is 0 Å². The number of nitrogens with zero attached hydrogens (tertiary/aromatic N) is 4. The molecule has 2 aromatic carbocycles. The van der Waals surface area contributed by atoms with Gasteiger partial charge in [0, 0.05) is 20.1 Å². The zero-order valence-corrected chi connectivity index (χ0v) is 19.7. The lowest BCUT2D eigenvalue weighted by atomic mass is 9.90. The van der Waals surface area contributed by atoms with Crippen LogP contribution in [-0.4, -0.2) is 44.4 Å². The van der Waals surface area contributed by atoms with Crippen LogP contribution in [0.3, 0.4) is 0 Å². The fourth-order valence-corrected chi connectivity index (χ4v) is 4.88. The standard InChI is InChI=1S/C24H27ClN4O2S/c1-28-22(16-31-21-10-6-5-9-20(21)25)26-27-24(28)32-17-23(30)29-13-11-19(12-14-29)15-18-7-3-2-4-8-18/h2-10,19H,11-17H2,1H3. The first kappa shape index (κ1) is 22.7. The Hall–Kier alpha value is -2.51. The highest BCUT2D eigenvalue weighted by atomic mass is 35.5. The molecular weight excluding hydrogens is 444 g/mol. The molecule has 1 aromatic heterocycles. The first-order valence-corrected chi connectivity index (χ1v) is 12.2. The number of carbonyl (C=O) groups excluding carboxylic acids is 1. The van der Waals surface area contributed by atoms with Gasteiger partial charge in [-0.05, 0) is 42.9 Å². The minimum atomic E-state index is 0.157. The van der Waals surface area contributed by atoms with Crippen LogP contribution in [0.5, 0.6) is 5.75 Å². The molecule has 2 heterocycles. The lowest BCUT2D eigenvalue weighted by Crippen LogP contribution is -2.39. The van der Waals surface area contributed by atoms with E-state index in [0.717, 1.165) is 32.4 Å². The van der Waals surface area contributed by atoms with Gasteiger partial charge in [-0.25, -0.2) is 0 Å². The number of hydrogen-bond donors (Lipinski definition) is 0. The van der Waals surface area contributed by atoms with Gasteiger partial charge in [-0.2, -0.15) is 0 Å². The van der Waals surface area contributed by atoms with Crippen LogP contribution in [0.1, 0.15) is 24.2 Å². The topological polar surface area (TPSA) is 60.2 Å². The van der Waals surface area contributed by atoms with Gasteiger partial charge in [0.15, 0.2) is 11.0 Å². The smallest absolute Gasteiger partial charge is 0.233 e. The maximum atomic E-state index is 12.7. The molecule has 1 aliphatic heterocycles. The van der Waals surface area contributed by atoms with Crippen LogP contribution < -0.4 is 4.74 Å². The molecule has 1 fully saturated rings. The Bertz CT molecular complexity index is 1040. The second-order valence-corrected chi connectivity index (χ2v) is 9.33. The number of aromatic nitrogens is 3. The molecule has 168 valence electrons. The normalized spacial score (nSPS) is 14.5. The highest BCUT2D eigenvalue weighted by Crippen LogP contribution is 2.25. The van der Waals surface area contributed by atoms with Crippen LogP contribution in [0.15, 0.2) is 59.8 Å². The van der Waals surface area contributed by atoms with Gasteiger partial charge in [-0.15, -0.1) is 10.2 Å². The summed E-state index contributed by atoms with van der Waals surface area (Å²) < 4.78 is 7.61. The zero-order chi connectivity index (χ0) is 22.3. The molecule has 1 aliphatic rings. The predicted molar refractivity (Wildman–Crippen MR) is 127 cm³/mol. The van der Waals surface area contributed by atoms with Gasteiger partial charge in [0.1, 0.15) is 12.4 Å². The van der Waals surface area contributed by atoms with Crippen LogP contribution in [0.4, 0.5) is 0 Å². The Balaban J connectivity index is 1.23. The summed E-state index contributed by atoms with van der Waals surface area (Å²) in [6, 6.07) is 17.9. The monoisotopic (exact) mass is 470 g/mol. The molecule has 4 rings (SSSR count). The number of thioether (sulfide) groups is 1. The number of hydrogen-bond acceptors (Lipinski definition) is 5. The number of ether oxygens (including phenoxy) is 1. The number of carbonyl (C=O) groups is 1. The lowest BCUT2D eigenvalue weighted by Gasteiger charge is -2.32. The van der Waals surface area contributed by atoms with Crippen molar-refractivity contribution in [3.63, 3.8) is 0 Å². The Labute approximate surface area is 197 Å². The summed E-state index contributed by atoms with van der Waals surface area (Å²) in [5, 5.41) is 9.68. The quantitative estimate of drug-likeness (QED) is 0.449. The third-order valence-electron chi connectivity index (χ3n) is 5.78. The van der Waals surface area contributed by atoms with E-state index in [1.165, 1.54) is 17.3 Å². The van der Waals surface area contributed by atoms with E-state index in [4.69, 9.17) is 16.3 Å². The number of halogens is 1. The highest BCUT2D eigenvalue weighted by Gasteiger charge is 2.23. The minimum absolute atomic E-state index is 0.157. The molecule has 0 bridgehead atoms. The summed E-state index contributed by atoms with van der Waals surface area (Å²) in [7, 11) is 1.88. The Morgan fingerprint density at radius 3 is 2.56 bits per heavy atom. The van der Waals surface area contributed by atoms with Crippen LogP contribution in [0.2, 0.25) is 5.02 Å². The summed E-state index contributed by atoms with van der Waals surface area (Å²) in [5.74, 6) is 2.46. The van der Waals surface area contributed by atoms with Crippen LogP contribution in [0, 0.1) is 5.92 Å². The number of para-hydroxylation sites is 1. The number of rotatable bonds is 8. The van der Waals surface area contributed by atoms with Gasteiger partial charge in [0.05, 0.1) is 10.8 Å². The van der Waals surface area contributed by atoms with Crippen molar-refractivity contribution in [2.24, 2.45) is 13.0 Å². The second kappa shape index (κ2) is 10.9. The van der Waals surface area contributed by atoms with Gasteiger partial charge >= 0.3 is 0 Å². The SMILES string of the molecule is Cn1c(COc2ccccc2Cl)nnc1SCC(=O)N1CCC(Cc2ccccc2)CC1. The van der Waals surface area contributed by atoms with E-state index in [9.17, 15) is 4.79 Å². The summed E-state index contributed by atoms with van der Waals surface area (Å²) in [6.07, 6.45) is 3.20. The lowest BCUT2D eigenvalue weighted by molar-refractivity contribution is -0.129. The van der Waals surface area contributed by atoms with Crippen molar-refractivity contribution in [1.29, 1.82) is 0 Å². The fourth-order valence-electron chi connectivity index (χ4n) is 3.85. The molecule has 6 nitrogen and oxygen atoms in total. The number of piperidine rings is 1. The van der Waals surface area contributed by atoms with E-state index in [1.807, 2.05) is 34.7 Å². The molecule has 1 amide bonds. The first-order chi connectivity index (χ1) is 15.6. The van der Waals surface area contributed by atoms with E-state index in [2.05, 4.69) is 40.5 Å². The maximum Gasteiger partial charge on any atom is 0.233 e. The molecule has 0 N–H and O–H groups in total. The molecule has 0 radical (unpaired) electrons. The Kier molecular flexibility index (Phi) is 7.71. The van der Waals surface area contributed by atoms with Crippen molar-refractivity contribution in [2.75, 3.05) is 18.8 Å². The van der Waals surface area contributed by atoms with Crippen molar-refractivity contribution in [2.45, 2.75) is 31.0 Å². The van der Waals surface area contributed by atoms with Crippen molar-refractivity contribution in [3.8, 4) is 5.75 Å². The second-order valence-electron chi connectivity index (χ2n) is 7.98. The van der Waals surface area contributed by atoms with Crippen molar-refractivity contribution >= 4 is 29.3 Å². The number of likely N-dealkylation sites (tertiary alicyclic amines) is 1. The molecule has 32 heavy (non-hydrogen) atoms. The molecule has 3 aromatic rings. The van der Waals surface area contributed by atoms with Crippen molar-refractivity contribution in [3.05, 3.63) is 71.0 Å². The minimum Gasteiger partial charge on any atom is -0.484 e. The van der Waals surface area contributed by atoms with E-state index in [-0.39, 0.29) is 12.5 Å². The number of amides is 1. The van der Waals surface area contributed by atoms with Gasteiger partial charge < -0.3 is 14.2 Å². The molecule has 0 saturated carbocycles. The van der Waals surface area contributed by atoms with Crippen LogP contribution in [0.25, 0.3) is 0 Å². The van der Waals surface area contributed by atoms with Crippen LogP contribution in [-0.2, 0) is 24.9 Å². The van der Waals surface area contributed by atoms with Gasteiger partial charge in [0.25, 0.3) is 0 Å². The summed E-state index contributed by atoms with van der Waals surface area (Å²) in [6.45, 7) is 1.91. The zero-order valence-electron chi connectivity index (χ0n) is 18.1. The summed E-state index contributed by atoms with van der Waals surface area (Å²) >= 11 is 7.54. The predicted octanol–water partition coefficient (Wildman–Crippen LogP) is 4.62. The Morgan fingerprint density at radius 2 is 1.81 bits per heavy atom. The van der Waals surface area contributed by atoms with Crippen molar-refractivity contribution in [1.82, 2.24) is 19.7 Å². The highest BCUT2D eigenvalue weighted by molar-refractivity contribution is 7.99. The summed E-state index contributed by atoms with van der Waals surface area (Å²) in [4.78, 5) is 14.7. The first-order valence-electron chi connectivity index (χ1n) is 10.8. The van der Waals surface area contributed by atoms with E-state index in [1.54, 1.807) is 6.07 Å². The third kappa shape index (κ3) is 5.84. The fraction of sp³-hybridized carbons (Fsp3) is 0.375. The molecule has 0 atom stereocenters. The molecule has 0 spiro atoms. The average molecular weight is 471 g/mol. The van der Waals surface area contributed by atoms with Gasteiger partial charge in [-0.1, -0.05) is 65.8 Å². The number of benzene rings is 2. The van der Waals surface area contributed by atoms with Crippen molar-refractivity contribution < 1.29 is 9.53 Å². The Morgan fingerprint density at radius 1 is 1.09 bits per heavy atom. The van der Waals surface area contributed by atoms with E-state index in [0.29, 0.717) is 33.4 Å². The molecule has 1 saturated heterocycles. The molecular formula is C24H27ClN4O2S. The van der Waals surface area contributed by atoms with Gasteiger partial charge in [-0.3, -0.25) is 4.79 Å².